The lowest BCUT2D eigenvalue weighted by Gasteiger charge is -2.15. The van der Waals surface area contributed by atoms with E-state index in [1.54, 1.807) is 66.7 Å². The molecule has 1 atom stereocenters. The van der Waals surface area contributed by atoms with E-state index in [-0.39, 0.29) is 11.6 Å². The van der Waals surface area contributed by atoms with Gasteiger partial charge in [-0.2, -0.15) is 0 Å². The molecule has 10 heteroatoms. The summed E-state index contributed by atoms with van der Waals surface area (Å²) in [7, 11) is 0. The maximum Gasteiger partial charge on any atom is 0.272 e. The van der Waals surface area contributed by atoms with Gasteiger partial charge in [-0.15, -0.1) is 23.1 Å². The molecule has 5 rings (SSSR count). The van der Waals surface area contributed by atoms with Gasteiger partial charge in [-0.05, 0) is 67.4 Å². The number of carbonyl (C=O) groups is 3. The van der Waals surface area contributed by atoms with Crippen molar-refractivity contribution in [2.45, 2.75) is 30.4 Å². The first-order valence-electron chi connectivity index (χ1n) is 14.5. The molecule has 3 N–H and O–H groups in total. The summed E-state index contributed by atoms with van der Waals surface area (Å²) in [6.45, 7) is 3.94. The number of amides is 3. The number of nitrogens with zero attached hydrogens (tertiary/aromatic N) is 1. The van der Waals surface area contributed by atoms with Crippen LogP contribution in [0.3, 0.4) is 0 Å². The van der Waals surface area contributed by atoms with Crippen LogP contribution in [0.4, 0.5) is 10.8 Å². The average molecular weight is 667 g/mol. The smallest absolute Gasteiger partial charge is 0.272 e. The van der Waals surface area contributed by atoms with Gasteiger partial charge in [0.15, 0.2) is 5.13 Å². The summed E-state index contributed by atoms with van der Waals surface area (Å²) in [5.74, 6) is -1.08. The average Bonchev–Trinajstić information content (AvgIpc) is 3.43. The molecule has 0 aliphatic rings. The van der Waals surface area contributed by atoms with Crippen molar-refractivity contribution in [2.75, 3.05) is 10.6 Å². The van der Waals surface area contributed by atoms with Crippen molar-refractivity contribution >= 4 is 69.3 Å². The van der Waals surface area contributed by atoms with E-state index in [9.17, 15) is 14.4 Å². The molecule has 5 aromatic rings. The van der Waals surface area contributed by atoms with Crippen LogP contribution in [0.5, 0.6) is 0 Å². The van der Waals surface area contributed by atoms with Gasteiger partial charge in [-0.25, -0.2) is 4.98 Å². The number of thioether (sulfide) groups is 1. The molecule has 0 aliphatic heterocycles. The zero-order chi connectivity index (χ0) is 32.5. The lowest BCUT2D eigenvalue weighted by atomic mass is 10.1. The highest BCUT2D eigenvalue weighted by Gasteiger charge is 2.21. The third-order valence-electron chi connectivity index (χ3n) is 6.80. The van der Waals surface area contributed by atoms with E-state index in [4.69, 9.17) is 11.6 Å². The Morgan fingerprint density at radius 1 is 0.891 bits per heavy atom. The highest BCUT2D eigenvalue weighted by atomic mass is 35.5. The highest BCUT2D eigenvalue weighted by Crippen LogP contribution is 2.32. The summed E-state index contributed by atoms with van der Waals surface area (Å²) in [6.07, 6.45) is 2.16. The molecule has 3 amide bonds. The molecule has 0 radical (unpaired) electrons. The summed E-state index contributed by atoms with van der Waals surface area (Å²) in [4.78, 5) is 46.2. The molecule has 232 valence electrons. The number of aromatic nitrogens is 1. The fourth-order valence-corrected chi connectivity index (χ4v) is 6.59. The van der Waals surface area contributed by atoms with Gasteiger partial charge in [0.2, 0.25) is 5.91 Å². The van der Waals surface area contributed by atoms with E-state index in [1.165, 1.54) is 23.1 Å². The third kappa shape index (κ3) is 8.72. The van der Waals surface area contributed by atoms with Crippen molar-refractivity contribution in [3.63, 3.8) is 0 Å². The topological polar surface area (TPSA) is 100 Å². The van der Waals surface area contributed by atoms with Gasteiger partial charge in [-0.1, -0.05) is 85.3 Å². The summed E-state index contributed by atoms with van der Waals surface area (Å²) < 4.78 is 0. The van der Waals surface area contributed by atoms with Gasteiger partial charge in [-0.3, -0.25) is 14.4 Å². The SMILES string of the molecule is CCC(Sc1cccc(NC(=O)/C(=C/c2cccc(Cl)c2)NC(=O)c2ccccc2)c1)C(=O)Nc1nc(-c2ccccc2)c(C)s1. The maximum absolute atomic E-state index is 13.5. The summed E-state index contributed by atoms with van der Waals surface area (Å²) in [5, 5.41) is 9.27. The van der Waals surface area contributed by atoms with Crippen molar-refractivity contribution in [3.05, 3.63) is 136 Å². The first kappa shape index (κ1) is 32.7. The molecular weight excluding hydrogens is 636 g/mol. The van der Waals surface area contributed by atoms with E-state index in [2.05, 4.69) is 20.9 Å². The van der Waals surface area contributed by atoms with Crippen LogP contribution in [0.25, 0.3) is 17.3 Å². The number of benzene rings is 4. The van der Waals surface area contributed by atoms with Crippen LogP contribution < -0.4 is 16.0 Å². The number of nitrogens with one attached hydrogen (secondary N) is 3. The first-order chi connectivity index (χ1) is 22.3. The van der Waals surface area contributed by atoms with Crippen LogP contribution >= 0.6 is 34.7 Å². The number of halogens is 1. The Labute approximate surface area is 281 Å². The Morgan fingerprint density at radius 3 is 2.33 bits per heavy atom. The molecule has 0 fully saturated rings. The van der Waals surface area contributed by atoms with E-state index >= 15 is 0 Å². The fraction of sp³-hybridized carbons (Fsp3) is 0.111. The van der Waals surface area contributed by atoms with Crippen LogP contribution in [0.2, 0.25) is 5.02 Å². The minimum absolute atomic E-state index is 0.0496. The number of rotatable bonds is 11. The van der Waals surface area contributed by atoms with E-state index < -0.39 is 17.1 Å². The molecular formula is C36H31ClN4O3S2. The van der Waals surface area contributed by atoms with Crippen LogP contribution in [0.15, 0.2) is 120 Å². The predicted octanol–water partition coefficient (Wildman–Crippen LogP) is 8.69. The van der Waals surface area contributed by atoms with Gasteiger partial charge >= 0.3 is 0 Å². The molecule has 0 saturated carbocycles. The van der Waals surface area contributed by atoms with E-state index in [0.717, 1.165) is 21.0 Å². The van der Waals surface area contributed by atoms with Gasteiger partial charge in [0.05, 0.1) is 10.9 Å². The van der Waals surface area contributed by atoms with Crippen LogP contribution in [0.1, 0.15) is 34.1 Å². The second kappa shape index (κ2) is 15.5. The lowest BCUT2D eigenvalue weighted by Crippen LogP contribution is -2.30. The summed E-state index contributed by atoms with van der Waals surface area (Å²) in [5.41, 5.74) is 3.49. The van der Waals surface area contributed by atoms with Crippen LogP contribution in [0, 0.1) is 6.92 Å². The molecule has 1 aromatic heterocycles. The van der Waals surface area contributed by atoms with Gasteiger partial charge in [0.1, 0.15) is 5.70 Å². The molecule has 0 saturated heterocycles. The second-order valence-corrected chi connectivity index (χ2v) is 13.1. The number of hydrogen-bond acceptors (Lipinski definition) is 6. The molecule has 0 spiro atoms. The third-order valence-corrected chi connectivity index (χ3v) is 9.28. The normalized spacial score (nSPS) is 11.8. The largest absolute Gasteiger partial charge is 0.321 e. The van der Waals surface area contributed by atoms with Crippen molar-refractivity contribution in [3.8, 4) is 11.3 Å². The minimum Gasteiger partial charge on any atom is -0.321 e. The van der Waals surface area contributed by atoms with Crippen molar-refractivity contribution in [2.24, 2.45) is 0 Å². The van der Waals surface area contributed by atoms with Gasteiger partial charge in [0, 0.05) is 31.6 Å². The van der Waals surface area contributed by atoms with Crippen LogP contribution in [-0.2, 0) is 9.59 Å². The Kier molecular flexibility index (Phi) is 11.0. The monoisotopic (exact) mass is 666 g/mol. The van der Waals surface area contributed by atoms with Crippen molar-refractivity contribution in [1.82, 2.24) is 10.3 Å². The zero-order valence-corrected chi connectivity index (χ0v) is 27.5. The quantitative estimate of drug-likeness (QED) is 0.0967. The molecule has 1 unspecified atom stereocenters. The van der Waals surface area contributed by atoms with Crippen LogP contribution in [-0.4, -0.2) is 28.0 Å². The number of aryl methyl sites for hydroxylation is 1. The van der Waals surface area contributed by atoms with Crippen molar-refractivity contribution < 1.29 is 14.4 Å². The Balaban J connectivity index is 1.29. The lowest BCUT2D eigenvalue weighted by molar-refractivity contribution is -0.116. The Morgan fingerprint density at radius 2 is 1.61 bits per heavy atom. The maximum atomic E-state index is 13.5. The molecule has 46 heavy (non-hydrogen) atoms. The standard InChI is InChI=1S/C36H31ClN4O3S2/c1-3-31(35(44)41-36-40-32(23(2)45-36)25-13-6-4-7-14-25)46-29-19-11-18-28(22-29)38-34(43)30(21-24-12-10-17-27(37)20-24)39-33(42)26-15-8-5-9-16-26/h4-22,31H,3H2,1-2H3,(H,38,43)(H,39,42)(H,40,41,44)/b30-21-. The molecule has 0 bridgehead atoms. The number of carbonyl (C=O) groups excluding carboxylic acids is 3. The minimum atomic E-state index is -0.510. The Bertz CT molecular complexity index is 1880. The van der Waals surface area contributed by atoms with Gasteiger partial charge in [0.25, 0.3) is 11.8 Å². The summed E-state index contributed by atoms with van der Waals surface area (Å²) in [6, 6.07) is 32.8. The zero-order valence-electron chi connectivity index (χ0n) is 25.1. The second-order valence-electron chi connectivity index (χ2n) is 10.2. The molecule has 1 heterocycles. The van der Waals surface area contributed by atoms with Crippen molar-refractivity contribution in [1.29, 1.82) is 0 Å². The fourth-order valence-electron chi connectivity index (χ4n) is 4.54. The summed E-state index contributed by atoms with van der Waals surface area (Å²) >= 11 is 9.00. The molecule has 0 aliphatic carbocycles. The molecule has 7 nitrogen and oxygen atoms in total. The predicted molar refractivity (Wildman–Crippen MR) is 189 cm³/mol. The number of anilines is 2. The van der Waals surface area contributed by atoms with E-state index in [1.807, 2.05) is 62.4 Å². The first-order valence-corrected chi connectivity index (χ1v) is 16.6. The van der Waals surface area contributed by atoms with Gasteiger partial charge < -0.3 is 16.0 Å². The number of hydrogen-bond donors (Lipinski definition) is 3. The Hall–Kier alpha value is -4.70. The van der Waals surface area contributed by atoms with E-state index in [0.29, 0.717) is 33.4 Å². The number of thiazole rings is 1. The highest BCUT2D eigenvalue weighted by molar-refractivity contribution is 8.00. The molecule has 4 aromatic carbocycles.